The molecule has 0 aliphatic carbocycles. The first-order valence-corrected chi connectivity index (χ1v) is 7.74. The predicted octanol–water partition coefficient (Wildman–Crippen LogP) is 2.31. The standard InChI is InChI=1S/C19H19NO4/c1-19(2,11-21)20-18(23)12-7-8-16-15(9-12)17(22)14-6-4-3-5-13(14)10-24-16/h3-9,21H,10-11H2,1-2H3,(H,20,23). The number of amides is 1. The summed E-state index contributed by atoms with van der Waals surface area (Å²) in [5, 5.41) is 12.0. The quantitative estimate of drug-likeness (QED) is 0.908. The highest BCUT2D eigenvalue weighted by atomic mass is 16.5. The van der Waals surface area contributed by atoms with Crippen LogP contribution in [0, 0.1) is 0 Å². The van der Waals surface area contributed by atoms with Crippen LogP contribution in [0.1, 0.15) is 45.7 Å². The number of carbonyl (C=O) groups is 2. The monoisotopic (exact) mass is 325 g/mol. The van der Waals surface area contributed by atoms with E-state index in [9.17, 15) is 14.7 Å². The van der Waals surface area contributed by atoms with Crippen LogP contribution >= 0.6 is 0 Å². The van der Waals surface area contributed by atoms with Crippen molar-refractivity contribution in [2.45, 2.75) is 26.0 Å². The van der Waals surface area contributed by atoms with Gasteiger partial charge in [0.1, 0.15) is 12.4 Å². The molecule has 124 valence electrons. The molecule has 1 heterocycles. The molecular formula is C19H19NO4. The van der Waals surface area contributed by atoms with Crippen molar-refractivity contribution in [1.82, 2.24) is 5.32 Å². The molecule has 1 amide bonds. The third-order valence-corrected chi connectivity index (χ3v) is 3.98. The van der Waals surface area contributed by atoms with Crippen molar-refractivity contribution < 1.29 is 19.4 Å². The van der Waals surface area contributed by atoms with E-state index >= 15 is 0 Å². The Kier molecular flexibility index (Phi) is 4.11. The zero-order valence-electron chi connectivity index (χ0n) is 13.6. The molecule has 0 saturated carbocycles. The Hall–Kier alpha value is -2.66. The van der Waals surface area contributed by atoms with Gasteiger partial charge in [-0.2, -0.15) is 0 Å². The smallest absolute Gasteiger partial charge is 0.251 e. The fraction of sp³-hybridized carbons (Fsp3) is 0.263. The number of aliphatic hydroxyl groups is 1. The van der Waals surface area contributed by atoms with Gasteiger partial charge < -0.3 is 15.2 Å². The van der Waals surface area contributed by atoms with Gasteiger partial charge in [-0.05, 0) is 32.0 Å². The zero-order chi connectivity index (χ0) is 17.3. The molecule has 0 aromatic heterocycles. The van der Waals surface area contributed by atoms with E-state index < -0.39 is 5.54 Å². The molecule has 1 aliphatic rings. The Balaban J connectivity index is 1.97. The molecule has 0 radical (unpaired) electrons. The Bertz CT molecular complexity index is 811. The van der Waals surface area contributed by atoms with E-state index in [0.29, 0.717) is 29.0 Å². The van der Waals surface area contributed by atoms with Crippen LogP contribution in [-0.4, -0.2) is 28.9 Å². The fourth-order valence-electron chi connectivity index (χ4n) is 2.56. The van der Waals surface area contributed by atoms with Crippen LogP contribution in [0.15, 0.2) is 42.5 Å². The van der Waals surface area contributed by atoms with E-state index in [2.05, 4.69) is 5.32 Å². The normalized spacial score (nSPS) is 13.4. The molecule has 2 N–H and O–H groups in total. The summed E-state index contributed by atoms with van der Waals surface area (Å²) in [7, 11) is 0. The van der Waals surface area contributed by atoms with Gasteiger partial charge in [-0.25, -0.2) is 0 Å². The van der Waals surface area contributed by atoms with Gasteiger partial charge in [0.05, 0.1) is 17.7 Å². The third kappa shape index (κ3) is 3.03. The predicted molar refractivity (Wildman–Crippen MR) is 89.3 cm³/mol. The molecule has 5 heteroatoms. The molecule has 0 saturated heterocycles. The summed E-state index contributed by atoms with van der Waals surface area (Å²) in [5.74, 6) is -0.0366. The van der Waals surface area contributed by atoms with Crippen molar-refractivity contribution in [3.05, 3.63) is 64.7 Å². The van der Waals surface area contributed by atoms with Gasteiger partial charge in [0.25, 0.3) is 5.91 Å². The number of ketones is 1. The topological polar surface area (TPSA) is 75.6 Å². The molecule has 24 heavy (non-hydrogen) atoms. The van der Waals surface area contributed by atoms with Crippen LogP contribution < -0.4 is 10.1 Å². The van der Waals surface area contributed by atoms with Crippen molar-refractivity contribution in [2.75, 3.05) is 6.61 Å². The molecule has 0 spiro atoms. The average molecular weight is 325 g/mol. The van der Waals surface area contributed by atoms with E-state index in [4.69, 9.17) is 4.74 Å². The Labute approximate surface area is 140 Å². The number of benzene rings is 2. The average Bonchev–Trinajstić information content (AvgIpc) is 2.72. The number of rotatable bonds is 3. The third-order valence-electron chi connectivity index (χ3n) is 3.98. The second-order valence-electron chi connectivity index (χ2n) is 6.48. The van der Waals surface area contributed by atoms with Crippen molar-refractivity contribution in [2.24, 2.45) is 0 Å². The maximum atomic E-state index is 12.8. The Morgan fingerprint density at radius 3 is 2.71 bits per heavy atom. The summed E-state index contributed by atoms with van der Waals surface area (Å²) in [6.45, 7) is 3.58. The van der Waals surface area contributed by atoms with Crippen LogP contribution in [0.3, 0.4) is 0 Å². The largest absolute Gasteiger partial charge is 0.488 e. The molecule has 0 fully saturated rings. The van der Waals surface area contributed by atoms with Crippen molar-refractivity contribution in [1.29, 1.82) is 0 Å². The lowest BCUT2D eigenvalue weighted by Gasteiger charge is -2.23. The van der Waals surface area contributed by atoms with Crippen LogP contribution in [0.5, 0.6) is 5.75 Å². The van der Waals surface area contributed by atoms with Gasteiger partial charge in [0.2, 0.25) is 0 Å². The minimum atomic E-state index is -0.739. The van der Waals surface area contributed by atoms with Gasteiger partial charge in [-0.1, -0.05) is 24.3 Å². The molecule has 1 aliphatic heterocycles. The SMILES string of the molecule is CC(C)(CO)NC(=O)c1ccc2c(c1)C(=O)c1ccccc1CO2. The van der Waals surface area contributed by atoms with Crippen molar-refractivity contribution >= 4 is 11.7 Å². The summed E-state index contributed by atoms with van der Waals surface area (Å²) in [4.78, 5) is 25.2. The van der Waals surface area contributed by atoms with Gasteiger partial charge in [0.15, 0.2) is 5.78 Å². The summed E-state index contributed by atoms with van der Waals surface area (Å²) in [6.07, 6.45) is 0. The Morgan fingerprint density at radius 2 is 1.96 bits per heavy atom. The molecular weight excluding hydrogens is 306 g/mol. The molecule has 2 aromatic rings. The first-order valence-electron chi connectivity index (χ1n) is 7.74. The minimum absolute atomic E-state index is 0.158. The summed E-state index contributed by atoms with van der Waals surface area (Å²) in [5.41, 5.74) is 1.40. The lowest BCUT2D eigenvalue weighted by atomic mass is 9.97. The van der Waals surface area contributed by atoms with E-state index in [-0.39, 0.29) is 18.3 Å². The lowest BCUT2D eigenvalue weighted by molar-refractivity contribution is 0.0869. The lowest BCUT2D eigenvalue weighted by Crippen LogP contribution is -2.46. The number of hydrogen-bond donors (Lipinski definition) is 2. The number of carbonyl (C=O) groups excluding carboxylic acids is 2. The summed E-state index contributed by atoms with van der Waals surface area (Å²) < 4.78 is 5.71. The van der Waals surface area contributed by atoms with E-state index in [1.54, 1.807) is 38.1 Å². The van der Waals surface area contributed by atoms with Gasteiger partial charge in [-0.15, -0.1) is 0 Å². The Morgan fingerprint density at radius 1 is 1.21 bits per heavy atom. The first-order chi connectivity index (χ1) is 11.4. The number of ether oxygens (including phenoxy) is 1. The van der Waals surface area contributed by atoms with Crippen LogP contribution in [0.25, 0.3) is 0 Å². The van der Waals surface area contributed by atoms with E-state index in [0.717, 1.165) is 5.56 Å². The van der Waals surface area contributed by atoms with Crippen LogP contribution in [0.2, 0.25) is 0 Å². The molecule has 2 aromatic carbocycles. The first kappa shape index (κ1) is 16.2. The van der Waals surface area contributed by atoms with Gasteiger partial charge in [-0.3, -0.25) is 9.59 Å². The summed E-state index contributed by atoms with van der Waals surface area (Å²) in [6, 6.07) is 12.1. The number of hydrogen-bond acceptors (Lipinski definition) is 4. The van der Waals surface area contributed by atoms with E-state index in [1.807, 2.05) is 18.2 Å². The second kappa shape index (κ2) is 6.09. The van der Waals surface area contributed by atoms with Crippen molar-refractivity contribution in [3.63, 3.8) is 0 Å². The minimum Gasteiger partial charge on any atom is -0.488 e. The molecule has 5 nitrogen and oxygen atoms in total. The van der Waals surface area contributed by atoms with E-state index in [1.165, 1.54) is 0 Å². The fourth-order valence-corrected chi connectivity index (χ4v) is 2.56. The number of nitrogens with one attached hydrogen (secondary N) is 1. The second-order valence-corrected chi connectivity index (χ2v) is 6.48. The maximum Gasteiger partial charge on any atom is 0.251 e. The van der Waals surface area contributed by atoms with Gasteiger partial charge in [0, 0.05) is 16.7 Å². The zero-order valence-corrected chi connectivity index (χ0v) is 13.6. The molecule has 0 unspecified atom stereocenters. The van der Waals surface area contributed by atoms with Gasteiger partial charge >= 0.3 is 0 Å². The highest BCUT2D eigenvalue weighted by Crippen LogP contribution is 2.29. The van der Waals surface area contributed by atoms with Crippen molar-refractivity contribution in [3.8, 4) is 5.75 Å². The highest BCUT2D eigenvalue weighted by molar-refractivity contribution is 6.13. The van der Waals surface area contributed by atoms with Crippen LogP contribution in [0.4, 0.5) is 0 Å². The molecule has 0 bridgehead atoms. The molecule has 3 rings (SSSR count). The maximum absolute atomic E-state index is 12.8. The highest BCUT2D eigenvalue weighted by Gasteiger charge is 2.25. The number of aliphatic hydroxyl groups excluding tert-OH is 1. The number of fused-ring (bicyclic) bond motifs is 2. The summed E-state index contributed by atoms with van der Waals surface area (Å²) >= 11 is 0. The molecule has 0 atom stereocenters. The van der Waals surface area contributed by atoms with Crippen LogP contribution in [-0.2, 0) is 6.61 Å².